The summed E-state index contributed by atoms with van der Waals surface area (Å²) in [5, 5.41) is 2.68. The van der Waals surface area contributed by atoms with Crippen LogP contribution in [0.5, 0.6) is 0 Å². The quantitative estimate of drug-likeness (QED) is 0.802. The van der Waals surface area contributed by atoms with E-state index in [0.29, 0.717) is 17.3 Å². The number of aromatic amines is 1. The molecule has 0 atom stereocenters. The Bertz CT molecular complexity index is 501. The number of rotatable bonds is 2. The molecule has 0 aliphatic heterocycles. The summed E-state index contributed by atoms with van der Waals surface area (Å²) in [4.78, 5) is 22.6. The molecule has 0 saturated heterocycles. The van der Waals surface area contributed by atoms with Crippen molar-refractivity contribution in [3.63, 3.8) is 0 Å². The molecule has 1 amide bonds. The maximum atomic E-state index is 11.7. The van der Waals surface area contributed by atoms with Crippen molar-refractivity contribution in [1.82, 2.24) is 15.0 Å². The zero-order chi connectivity index (χ0) is 11.5. The van der Waals surface area contributed by atoms with Crippen LogP contribution < -0.4 is 5.32 Å². The Labute approximate surface area is 92.9 Å². The first-order valence-electron chi connectivity index (χ1n) is 4.91. The van der Waals surface area contributed by atoms with E-state index in [1.54, 1.807) is 19.2 Å². The molecule has 0 unspecified atom stereocenters. The lowest BCUT2D eigenvalue weighted by Crippen LogP contribution is -2.13. The number of imidazole rings is 1. The number of carbonyl (C=O) groups excluding carboxylic acids is 1. The third-order valence-corrected chi connectivity index (χ3v) is 2.10. The SMILES string of the molecule is Cc1ccc(NC(=O)c2cnc(C)[nH]2)nc1. The zero-order valence-electron chi connectivity index (χ0n) is 9.11. The second-order valence-electron chi connectivity index (χ2n) is 3.56. The fraction of sp³-hybridized carbons (Fsp3) is 0.182. The number of H-pyrrole nitrogens is 1. The number of amides is 1. The summed E-state index contributed by atoms with van der Waals surface area (Å²) in [6.45, 7) is 3.73. The third-order valence-electron chi connectivity index (χ3n) is 2.10. The molecule has 5 nitrogen and oxygen atoms in total. The molecule has 0 radical (unpaired) electrons. The normalized spacial score (nSPS) is 10.1. The number of nitrogens with zero attached hydrogens (tertiary/aromatic N) is 2. The molecule has 2 rings (SSSR count). The smallest absolute Gasteiger partial charge is 0.274 e. The summed E-state index contributed by atoms with van der Waals surface area (Å²) >= 11 is 0. The first-order valence-corrected chi connectivity index (χ1v) is 4.91. The van der Waals surface area contributed by atoms with Crippen LogP contribution in [0.3, 0.4) is 0 Å². The van der Waals surface area contributed by atoms with Crippen LogP contribution in [0.25, 0.3) is 0 Å². The lowest BCUT2D eigenvalue weighted by atomic mass is 10.3. The van der Waals surface area contributed by atoms with Crippen molar-refractivity contribution < 1.29 is 4.79 Å². The molecule has 0 spiro atoms. The minimum atomic E-state index is -0.239. The minimum absolute atomic E-state index is 0.239. The molecule has 0 aromatic carbocycles. The molecule has 2 heterocycles. The summed E-state index contributed by atoms with van der Waals surface area (Å²) in [5.41, 5.74) is 1.48. The Morgan fingerprint density at radius 2 is 2.06 bits per heavy atom. The van der Waals surface area contributed by atoms with Gasteiger partial charge in [0.25, 0.3) is 5.91 Å². The van der Waals surface area contributed by atoms with E-state index in [1.165, 1.54) is 6.20 Å². The van der Waals surface area contributed by atoms with Gasteiger partial charge in [0.1, 0.15) is 17.3 Å². The van der Waals surface area contributed by atoms with Gasteiger partial charge in [-0.25, -0.2) is 9.97 Å². The second-order valence-corrected chi connectivity index (χ2v) is 3.56. The van der Waals surface area contributed by atoms with Gasteiger partial charge in [-0.2, -0.15) is 0 Å². The number of nitrogens with one attached hydrogen (secondary N) is 2. The van der Waals surface area contributed by atoms with Gasteiger partial charge < -0.3 is 10.3 Å². The average Bonchev–Trinajstić information content (AvgIpc) is 2.68. The van der Waals surface area contributed by atoms with Crippen LogP contribution in [-0.4, -0.2) is 20.9 Å². The van der Waals surface area contributed by atoms with Gasteiger partial charge in [-0.1, -0.05) is 6.07 Å². The lowest BCUT2D eigenvalue weighted by Gasteiger charge is -2.02. The van der Waals surface area contributed by atoms with Crippen molar-refractivity contribution in [2.24, 2.45) is 0 Å². The molecule has 0 aliphatic rings. The van der Waals surface area contributed by atoms with E-state index in [9.17, 15) is 4.79 Å². The van der Waals surface area contributed by atoms with Crippen molar-refractivity contribution in [2.75, 3.05) is 5.32 Å². The van der Waals surface area contributed by atoms with E-state index in [4.69, 9.17) is 0 Å². The number of hydrogen-bond donors (Lipinski definition) is 2. The number of aryl methyl sites for hydroxylation is 2. The van der Waals surface area contributed by atoms with Crippen molar-refractivity contribution in [1.29, 1.82) is 0 Å². The Morgan fingerprint density at radius 3 is 2.62 bits per heavy atom. The van der Waals surface area contributed by atoms with E-state index in [1.807, 2.05) is 13.0 Å². The van der Waals surface area contributed by atoms with Crippen molar-refractivity contribution in [3.05, 3.63) is 41.6 Å². The predicted octanol–water partition coefficient (Wildman–Crippen LogP) is 1.67. The van der Waals surface area contributed by atoms with Gasteiger partial charge in [0, 0.05) is 6.20 Å². The van der Waals surface area contributed by atoms with Crippen LogP contribution >= 0.6 is 0 Å². The molecular formula is C11H12N4O. The van der Waals surface area contributed by atoms with Crippen LogP contribution in [0, 0.1) is 13.8 Å². The van der Waals surface area contributed by atoms with E-state index >= 15 is 0 Å². The van der Waals surface area contributed by atoms with Gasteiger partial charge in [0.2, 0.25) is 0 Å². The molecule has 0 aliphatic carbocycles. The number of hydrogen-bond acceptors (Lipinski definition) is 3. The van der Waals surface area contributed by atoms with E-state index in [2.05, 4.69) is 20.3 Å². The fourth-order valence-corrected chi connectivity index (χ4v) is 1.26. The monoisotopic (exact) mass is 216 g/mol. The van der Waals surface area contributed by atoms with E-state index < -0.39 is 0 Å². The Kier molecular flexibility index (Phi) is 2.68. The molecule has 0 saturated carbocycles. The summed E-state index contributed by atoms with van der Waals surface area (Å²) in [6, 6.07) is 3.65. The van der Waals surface area contributed by atoms with Crippen molar-refractivity contribution in [3.8, 4) is 0 Å². The first-order chi connectivity index (χ1) is 7.65. The molecule has 5 heteroatoms. The second kappa shape index (κ2) is 4.14. The standard InChI is InChI=1S/C11H12N4O/c1-7-3-4-10(13-5-7)15-11(16)9-6-12-8(2)14-9/h3-6H,1-2H3,(H,12,14)(H,13,15,16). The van der Waals surface area contributed by atoms with Crippen LogP contribution in [0.2, 0.25) is 0 Å². The zero-order valence-corrected chi connectivity index (χ0v) is 9.11. The Balaban J connectivity index is 2.10. The first kappa shape index (κ1) is 10.4. The Morgan fingerprint density at radius 1 is 1.25 bits per heavy atom. The molecule has 2 aromatic heterocycles. The number of aromatic nitrogens is 3. The van der Waals surface area contributed by atoms with Gasteiger partial charge in [0.15, 0.2) is 0 Å². The highest BCUT2D eigenvalue weighted by Crippen LogP contribution is 2.06. The maximum absolute atomic E-state index is 11.7. The van der Waals surface area contributed by atoms with Crippen molar-refractivity contribution in [2.45, 2.75) is 13.8 Å². The van der Waals surface area contributed by atoms with Crippen LogP contribution in [-0.2, 0) is 0 Å². The molecule has 0 fully saturated rings. The van der Waals surface area contributed by atoms with Crippen LogP contribution in [0.4, 0.5) is 5.82 Å². The van der Waals surface area contributed by atoms with Crippen molar-refractivity contribution >= 4 is 11.7 Å². The summed E-state index contributed by atoms with van der Waals surface area (Å²) in [7, 11) is 0. The highest BCUT2D eigenvalue weighted by molar-refractivity contribution is 6.02. The number of carbonyl (C=O) groups is 1. The lowest BCUT2D eigenvalue weighted by molar-refractivity contribution is 0.102. The molecule has 0 bridgehead atoms. The molecule has 2 N–H and O–H groups in total. The van der Waals surface area contributed by atoms with E-state index in [0.717, 1.165) is 5.56 Å². The Hall–Kier alpha value is -2.17. The molecule has 2 aromatic rings. The predicted molar refractivity (Wildman–Crippen MR) is 60.3 cm³/mol. The molecule has 16 heavy (non-hydrogen) atoms. The summed E-state index contributed by atoms with van der Waals surface area (Å²) in [6.07, 6.45) is 3.20. The fourth-order valence-electron chi connectivity index (χ4n) is 1.26. The third kappa shape index (κ3) is 2.25. The summed E-state index contributed by atoms with van der Waals surface area (Å²) < 4.78 is 0. The maximum Gasteiger partial charge on any atom is 0.274 e. The topological polar surface area (TPSA) is 70.7 Å². The minimum Gasteiger partial charge on any atom is -0.338 e. The van der Waals surface area contributed by atoms with Gasteiger partial charge in [-0.3, -0.25) is 4.79 Å². The van der Waals surface area contributed by atoms with Gasteiger partial charge in [0.05, 0.1) is 6.20 Å². The van der Waals surface area contributed by atoms with Gasteiger partial charge in [-0.05, 0) is 25.5 Å². The number of anilines is 1. The summed E-state index contributed by atoms with van der Waals surface area (Å²) in [5.74, 6) is 1.00. The number of pyridine rings is 1. The molecule has 82 valence electrons. The van der Waals surface area contributed by atoms with Crippen LogP contribution in [0.1, 0.15) is 21.9 Å². The largest absolute Gasteiger partial charge is 0.338 e. The highest BCUT2D eigenvalue weighted by Gasteiger charge is 2.08. The average molecular weight is 216 g/mol. The highest BCUT2D eigenvalue weighted by atomic mass is 16.1. The van der Waals surface area contributed by atoms with E-state index in [-0.39, 0.29) is 5.91 Å². The molecular weight excluding hydrogens is 204 g/mol. The van der Waals surface area contributed by atoms with Gasteiger partial charge >= 0.3 is 0 Å². The van der Waals surface area contributed by atoms with Gasteiger partial charge in [-0.15, -0.1) is 0 Å². The van der Waals surface area contributed by atoms with Crippen LogP contribution in [0.15, 0.2) is 24.5 Å².